The number of hydrogen-bond acceptors (Lipinski definition) is 12. The topological polar surface area (TPSA) is 277 Å². The molecule has 5 rings (SSSR count). The first-order valence-electron chi connectivity index (χ1n) is 19.5. The Morgan fingerprint density at radius 1 is 1.02 bits per heavy atom. The summed E-state index contributed by atoms with van der Waals surface area (Å²) in [6.45, 7) is 4.57. The van der Waals surface area contributed by atoms with E-state index in [0.29, 0.717) is 36.7 Å². The van der Waals surface area contributed by atoms with Gasteiger partial charge in [0.2, 0.25) is 0 Å². The molecule has 64 heavy (non-hydrogen) atoms. The van der Waals surface area contributed by atoms with Crippen molar-refractivity contribution in [3.63, 3.8) is 0 Å². The first-order valence-corrected chi connectivity index (χ1v) is 22.2. The van der Waals surface area contributed by atoms with Crippen LogP contribution in [0.3, 0.4) is 0 Å². The van der Waals surface area contributed by atoms with Gasteiger partial charge in [-0.25, -0.2) is 37.9 Å². The molecule has 7 N–H and O–H groups in total. The summed E-state index contributed by atoms with van der Waals surface area (Å²) in [5.74, 6) is -6.42. The number of hydrazone groups is 1. The fraction of sp³-hybridized carbons (Fsp3) is 0.366. The van der Waals surface area contributed by atoms with Crippen LogP contribution in [0.15, 0.2) is 64.9 Å². The van der Waals surface area contributed by atoms with Crippen LogP contribution in [0.2, 0.25) is 5.02 Å². The summed E-state index contributed by atoms with van der Waals surface area (Å²) in [6, 6.07) is 5.59. The molecule has 0 fully saturated rings. The Morgan fingerprint density at radius 3 is 2.20 bits per heavy atom. The number of halogens is 4. The number of carbonyl (C=O) groups excluding carboxylic acids is 4. The third-order valence-corrected chi connectivity index (χ3v) is 10.4. The number of nitrogens with zero attached hydrogens (tertiary/aromatic N) is 3. The first-order chi connectivity index (χ1) is 30.1. The van der Waals surface area contributed by atoms with E-state index in [9.17, 15) is 46.5 Å². The van der Waals surface area contributed by atoms with E-state index in [4.69, 9.17) is 41.9 Å². The number of carbonyl (C=O) groups is 6. The number of carboxylic acid groups (broad SMARTS) is 2. The second kappa shape index (κ2) is 24.6. The fourth-order valence-corrected chi connectivity index (χ4v) is 6.78. The van der Waals surface area contributed by atoms with Crippen molar-refractivity contribution in [1.82, 2.24) is 10.4 Å². The minimum atomic E-state index is -3.10. The number of aromatic nitrogens is 1. The highest BCUT2D eigenvalue weighted by Gasteiger charge is 2.41. The van der Waals surface area contributed by atoms with Crippen LogP contribution in [0.4, 0.5) is 29.3 Å². The van der Waals surface area contributed by atoms with Crippen molar-refractivity contribution >= 4 is 71.8 Å². The van der Waals surface area contributed by atoms with Gasteiger partial charge in [0.1, 0.15) is 34.9 Å². The average molecular weight is 939 g/mol. The van der Waals surface area contributed by atoms with Crippen LogP contribution < -0.4 is 26.1 Å². The lowest BCUT2D eigenvalue weighted by Crippen LogP contribution is -2.32. The van der Waals surface area contributed by atoms with Crippen LogP contribution in [0.1, 0.15) is 81.3 Å². The Balaban J connectivity index is 0.000000280. The Hall–Kier alpha value is -6.15. The maximum Gasteiger partial charge on any atom is 0.344 e. The molecule has 0 saturated heterocycles. The van der Waals surface area contributed by atoms with Gasteiger partial charge in [0.05, 0.1) is 28.6 Å². The summed E-state index contributed by atoms with van der Waals surface area (Å²) in [7, 11) is -3.10. The molecular formula is C41H47ClF3N6O12P. The van der Waals surface area contributed by atoms with Crippen molar-refractivity contribution in [3.05, 3.63) is 93.5 Å². The van der Waals surface area contributed by atoms with Gasteiger partial charge in [-0.1, -0.05) is 31.4 Å². The van der Waals surface area contributed by atoms with Crippen molar-refractivity contribution in [1.29, 1.82) is 0 Å². The molecule has 346 valence electrons. The number of rotatable bonds is 16. The van der Waals surface area contributed by atoms with E-state index >= 15 is 0 Å². The van der Waals surface area contributed by atoms with E-state index in [1.54, 1.807) is 0 Å². The fourth-order valence-electron chi connectivity index (χ4n) is 5.82. The van der Waals surface area contributed by atoms with Gasteiger partial charge in [0.15, 0.2) is 14.0 Å². The zero-order chi connectivity index (χ0) is 47.7. The maximum atomic E-state index is 14.5. The lowest BCUT2D eigenvalue weighted by molar-refractivity contribution is -0.146. The lowest BCUT2D eigenvalue weighted by atomic mass is 9.93. The molecule has 2 unspecified atom stereocenters. The molecule has 4 amide bonds. The summed E-state index contributed by atoms with van der Waals surface area (Å²) in [5.41, 5.74) is 7.92. The molecule has 1 aliphatic carbocycles. The molecule has 2 atom stereocenters. The monoisotopic (exact) mass is 938 g/mol. The molecule has 0 spiro atoms. The average Bonchev–Trinajstić information content (AvgIpc) is 3.48. The van der Waals surface area contributed by atoms with Crippen LogP contribution in [-0.4, -0.2) is 93.6 Å². The summed E-state index contributed by atoms with van der Waals surface area (Å²) in [6.07, 6.45) is 6.78. The molecule has 18 nitrogen and oxygen atoms in total. The third kappa shape index (κ3) is 16.2. The van der Waals surface area contributed by atoms with Crippen LogP contribution in [0, 0.1) is 17.5 Å². The van der Waals surface area contributed by atoms with Crippen LogP contribution in [0.25, 0.3) is 0 Å². The molecule has 2 aliphatic rings. The van der Waals surface area contributed by atoms with E-state index in [0.717, 1.165) is 55.2 Å². The number of imide groups is 1. The van der Waals surface area contributed by atoms with Crippen molar-refractivity contribution in [2.75, 3.05) is 36.3 Å². The lowest BCUT2D eigenvalue weighted by Gasteiger charge is -2.18. The number of hydrogen-bond donors (Lipinski definition) is 6. The smallest absolute Gasteiger partial charge is 0.344 e. The van der Waals surface area contributed by atoms with Crippen molar-refractivity contribution < 1.29 is 71.1 Å². The second-order valence-electron chi connectivity index (χ2n) is 14.2. The number of anilines is 2. The Labute approximate surface area is 370 Å². The minimum absolute atomic E-state index is 0.000883. The number of nitrogens with two attached hydrogens (primary N) is 1. The molecule has 3 aromatic rings. The Bertz CT molecular complexity index is 2300. The van der Waals surface area contributed by atoms with Gasteiger partial charge in [-0.15, -0.1) is 0 Å². The summed E-state index contributed by atoms with van der Waals surface area (Å²) in [5, 5.41) is 23.2. The Kier molecular flexibility index (Phi) is 20.1. The molecule has 2 aromatic carbocycles. The van der Waals surface area contributed by atoms with Gasteiger partial charge in [-0.3, -0.25) is 23.9 Å². The van der Waals surface area contributed by atoms with Gasteiger partial charge in [-0.05, 0) is 75.8 Å². The van der Waals surface area contributed by atoms with E-state index in [1.807, 2.05) is 6.92 Å². The highest BCUT2D eigenvalue weighted by Crippen LogP contribution is 2.40. The number of carboxylic acids is 2. The number of aromatic carboxylic acids is 1. The first kappa shape index (κ1) is 52.2. The molecule has 0 bridgehead atoms. The molecule has 23 heteroatoms. The van der Waals surface area contributed by atoms with Crippen molar-refractivity contribution in [2.45, 2.75) is 71.3 Å². The number of aliphatic carboxylic acids is 1. The largest absolute Gasteiger partial charge is 0.480 e. The van der Waals surface area contributed by atoms with Gasteiger partial charge in [-0.2, -0.15) is 5.10 Å². The number of amides is 4. The quantitative estimate of drug-likeness (QED) is 0.0220. The van der Waals surface area contributed by atoms with Gasteiger partial charge in [0, 0.05) is 48.0 Å². The number of esters is 1. The number of nitrogens with one attached hydrogen (secondary N) is 2. The summed E-state index contributed by atoms with van der Waals surface area (Å²) >= 11 is 6.02. The summed E-state index contributed by atoms with van der Waals surface area (Å²) < 4.78 is 61.7. The van der Waals surface area contributed by atoms with E-state index in [1.165, 1.54) is 38.0 Å². The maximum absolute atomic E-state index is 14.5. The van der Waals surface area contributed by atoms with Gasteiger partial charge >= 0.3 is 23.9 Å². The zero-order valence-corrected chi connectivity index (χ0v) is 36.5. The number of pyridine rings is 1. The second-order valence-corrected chi connectivity index (χ2v) is 17.2. The van der Waals surface area contributed by atoms with E-state index in [2.05, 4.69) is 20.8 Å². The molecule has 1 aromatic heterocycles. The number of urea groups is 1. The predicted octanol–water partition coefficient (Wildman–Crippen LogP) is 6.63. The minimum Gasteiger partial charge on any atom is -0.480 e. The van der Waals surface area contributed by atoms with Gasteiger partial charge in [0.25, 0.3) is 11.8 Å². The van der Waals surface area contributed by atoms with Crippen LogP contribution in [0.5, 0.6) is 5.75 Å². The number of ether oxygens (including phenoxy) is 2. The molecule has 0 radical (unpaired) electrons. The molecule has 1 aliphatic heterocycles. The molecule has 0 saturated carbocycles. The van der Waals surface area contributed by atoms with Crippen molar-refractivity contribution in [2.24, 2.45) is 10.8 Å². The highest BCUT2D eigenvalue weighted by molar-refractivity contribution is 7.57. The predicted molar refractivity (Wildman–Crippen MR) is 228 cm³/mol. The summed E-state index contributed by atoms with van der Waals surface area (Å²) in [4.78, 5) is 83.5. The van der Waals surface area contributed by atoms with Crippen LogP contribution in [-0.2, 0) is 28.5 Å². The standard InChI is InChI=1S/C21H23ClFNO5.C15H12F2N4O3.C5H12NO4P/c1-2-3-6-9-28-19(25)12-29-18-11-17(16(23)10-15(18)22)24-20(26)13-7-4-5-8-14(13)21(24)27;1-8(13-12(14(22)23)3-2-4-18-13)20-21-15(24)19-11-6-9(16)5-10(17)7-11;1-11(9,10)3-2-4(6)5(7)8/h10-11H,2-9,12H2,1H3;2-7H,1H3,(H,22,23)(H2,19,21,24);4H,2-3,6H2,1H3,(H,7,8)(H,9,10)/b;20-8+;. The highest BCUT2D eigenvalue weighted by atomic mass is 35.5. The van der Waals surface area contributed by atoms with Crippen molar-refractivity contribution in [3.8, 4) is 5.75 Å². The number of unbranched alkanes of at least 4 members (excludes halogenated alkanes) is 2. The van der Waals surface area contributed by atoms with Crippen LogP contribution >= 0.6 is 19.0 Å². The zero-order valence-electron chi connectivity index (χ0n) is 34.9. The number of benzene rings is 2. The SMILES string of the molecule is C/C(=N\NC(=O)Nc1cc(F)cc(F)c1)c1ncccc1C(=O)O.CCCCCOC(=O)COc1cc(N2C(=O)C3=C(CCCC3)C2=O)c(F)cc1Cl.CP(=O)(O)CCC(N)C(=O)O. The molecule has 2 heterocycles. The Morgan fingerprint density at radius 2 is 1.64 bits per heavy atom. The third-order valence-electron chi connectivity index (χ3n) is 8.99. The van der Waals surface area contributed by atoms with E-state index < -0.39 is 73.2 Å². The van der Waals surface area contributed by atoms with E-state index in [-0.39, 0.29) is 51.7 Å². The normalized spacial score (nSPS) is 14.8. The molecular weight excluding hydrogens is 892 g/mol. The van der Waals surface area contributed by atoms with Gasteiger partial charge < -0.3 is 35.6 Å².